The highest BCUT2D eigenvalue weighted by Gasteiger charge is 2.33. The molecule has 2 aromatic carbocycles. The van der Waals surface area contributed by atoms with Crippen LogP contribution in [0, 0.1) is 12.7 Å². The average molecular weight is 370 g/mol. The fourth-order valence-electron chi connectivity index (χ4n) is 3.39. The van der Waals surface area contributed by atoms with Crippen LogP contribution in [0.25, 0.3) is 0 Å². The number of nitrogens with two attached hydrogens (primary N) is 1. The van der Waals surface area contributed by atoms with Crippen molar-refractivity contribution in [3.8, 4) is 0 Å². The highest BCUT2D eigenvalue weighted by atomic mass is 19.1. The van der Waals surface area contributed by atoms with Crippen LogP contribution in [0.4, 0.5) is 15.8 Å². The van der Waals surface area contributed by atoms with Gasteiger partial charge in [0.25, 0.3) is 5.91 Å². The van der Waals surface area contributed by atoms with Crippen molar-refractivity contribution < 1.29 is 18.7 Å². The summed E-state index contributed by atoms with van der Waals surface area (Å²) >= 11 is 0. The van der Waals surface area contributed by atoms with Crippen molar-refractivity contribution in [1.82, 2.24) is 0 Å². The van der Waals surface area contributed by atoms with Crippen LogP contribution in [0.1, 0.15) is 41.8 Å². The summed E-state index contributed by atoms with van der Waals surface area (Å²) in [5, 5.41) is 0. The number of anilines is 2. The van der Waals surface area contributed by atoms with E-state index in [1.54, 1.807) is 11.8 Å². The Morgan fingerprint density at radius 3 is 2.70 bits per heavy atom. The number of nitrogen functional groups attached to an aromatic ring is 1. The molecule has 5 nitrogen and oxygen atoms in total. The van der Waals surface area contributed by atoms with Crippen LogP contribution in [0.3, 0.4) is 0 Å². The number of carbonyl (C=O) groups excluding carboxylic acids is 2. The Bertz CT molecular complexity index is 897. The molecule has 0 unspecified atom stereocenters. The molecule has 27 heavy (non-hydrogen) atoms. The lowest BCUT2D eigenvalue weighted by Gasteiger charge is -2.36. The molecular formula is C21H23FN2O3. The van der Waals surface area contributed by atoms with E-state index >= 15 is 0 Å². The van der Waals surface area contributed by atoms with Gasteiger partial charge in [-0.15, -0.1) is 0 Å². The van der Waals surface area contributed by atoms with Crippen LogP contribution in [-0.2, 0) is 16.0 Å². The van der Waals surface area contributed by atoms with E-state index in [-0.39, 0.29) is 23.2 Å². The molecule has 1 aliphatic heterocycles. The Morgan fingerprint density at radius 1 is 1.26 bits per heavy atom. The molecule has 6 heteroatoms. The van der Waals surface area contributed by atoms with Crippen molar-refractivity contribution >= 4 is 23.3 Å². The van der Waals surface area contributed by atoms with Gasteiger partial charge in [0.2, 0.25) is 0 Å². The molecule has 142 valence electrons. The minimum Gasteiger partial charge on any atom is -0.449 e. The van der Waals surface area contributed by atoms with Crippen molar-refractivity contribution in [2.24, 2.45) is 0 Å². The van der Waals surface area contributed by atoms with E-state index in [1.165, 1.54) is 13.0 Å². The summed E-state index contributed by atoms with van der Waals surface area (Å²) in [7, 11) is 0. The second-order valence-corrected chi connectivity index (χ2v) is 6.93. The number of hydrogen-bond donors (Lipinski definition) is 1. The molecule has 1 amide bonds. The van der Waals surface area contributed by atoms with E-state index in [9.17, 15) is 14.0 Å². The number of carbonyl (C=O) groups is 2. The number of hydrogen-bond acceptors (Lipinski definition) is 4. The first-order valence-electron chi connectivity index (χ1n) is 8.97. The SMILES string of the molecule is Cc1ccc(F)c(C(=O)O[C@@H](C)C(=O)N2c3ccccc3CC[C@@H]2C)c1N. The molecule has 0 spiro atoms. The molecule has 0 bridgehead atoms. The Labute approximate surface area is 157 Å². The van der Waals surface area contributed by atoms with Gasteiger partial charge in [0.15, 0.2) is 6.10 Å². The fraction of sp³-hybridized carbons (Fsp3) is 0.333. The zero-order valence-electron chi connectivity index (χ0n) is 15.7. The molecule has 0 fully saturated rings. The van der Waals surface area contributed by atoms with Gasteiger partial charge < -0.3 is 15.4 Å². The topological polar surface area (TPSA) is 72.6 Å². The van der Waals surface area contributed by atoms with E-state index in [1.807, 2.05) is 31.2 Å². The third kappa shape index (κ3) is 3.52. The Morgan fingerprint density at radius 2 is 1.96 bits per heavy atom. The first kappa shape index (κ1) is 18.9. The van der Waals surface area contributed by atoms with Gasteiger partial charge in [0.1, 0.15) is 11.4 Å². The normalized spacial score (nSPS) is 17.2. The van der Waals surface area contributed by atoms with Crippen LogP contribution in [-0.4, -0.2) is 24.0 Å². The zero-order chi connectivity index (χ0) is 19.7. The second kappa shape index (κ2) is 7.39. The van der Waals surface area contributed by atoms with Gasteiger partial charge >= 0.3 is 5.97 Å². The molecule has 2 atom stereocenters. The molecule has 0 aliphatic carbocycles. The summed E-state index contributed by atoms with van der Waals surface area (Å²) in [5.74, 6) is -2.04. The van der Waals surface area contributed by atoms with Crippen molar-refractivity contribution in [3.05, 3.63) is 58.9 Å². The van der Waals surface area contributed by atoms with E-state index in [0.717, 1.165) is 30.2 Å². The smallest absolute Gasteiger partial charge is 0.344 e. The van der Waals surface area contributed by atoms with E-state index in [0.29, 0.717) is 5.56 Å². The van der Waals surface area contributed by atoms with Gasteiger partial charge in [0, 0.05) is 11.7 Å². The minimum atomic E-state index is -1.06. The lowest BCUT2D eigenvalue weighted by Crippen LogP contribution is -2.47. The number of fused-ring (bicyclic) bond motifs is 1. The summed E-state index contributed by atoms with van der Waals surface area (Å²) in [6.07, 6.45) is 0.647. The minimum absolute atomic E-state index is 0.0191. The summed E-state index contributed by atoms with van der Waals surface area (Å²) in [5.41, 5.74) is 8.00. The quantitative estimate of drug-likeness (QED) is 0.661. The second-order valence-electron chi connectivity index (χ2n) is 6.93. The number of nitrogens with zero attached hydrogens (tertiary/aromatic N) is 1. The lowest BCUT2D eigenvalue weighted by molar-refractivity contribution is -0.127. The molecule has 1 aliphatic rings. The number of para-hydroxylation sites is 1. The standard InChI is InChI=1S/C21H23FN2O3/c1-12-8-11-16(22)18(19(12)23)21(26)27-14(3)20(25)24-13(2)9-10-15-6-4-5-7-17(15)24/h4-8,11,13-14H,9-10,23H2,1-3H3/t13-,14-/m0/s1. The monoisotopic (exact) mass is 370 g/mol. The van der Waals surface area contributed by atoms with Gasteiger partial charge in [-0.1, -0.05) is 24.3 Å². The number of amides is 1. The molecule has 0 saturated carbocycles. The molecule has 0 aromatic heterocycles. The molecular weight excluding hydrogens is 347 g/mol. The van der Waals surface area contributed by atoms with Gasteiger partial charge in [-0.3, -0.25) is 4.79 Å². The first-order valence-corrected chi connectivity index (χ1v) is 8.97. The van der Waals surface area contributed by atoms with Crippen LogP contribution in [0.5, 0.6) is 0 Å². The predicted molar refractivity (Wildman–Crippen MR) is 102 cm³/mol. The van der Waals surface area contributed by atoms with Crippen molar-refractivity contribution in [2.75, 3.05) is 10.6 Å². The zero-order valence-corrected chi connectivity index (χ0v) is 15.7. The van der Waals surface area contributed by atoms with Gasteiger partial charge in [-0.05, 0) is 56.9 Å². The summed E-state index contributed by atoms with van der Waals surface area (Å²) in [4.78, 5) is 27.1. The highest BCUT2D eigenvalue weighted by molar-refractivity contribution is 6.01. The van der Waals surface area contributed by atoms with Crippen LogP contribution >= 0.6 is 0 Å². The highest BCUT2D eigenvalue weighted by Crippen LogP contribution is 2.31. The first-order chi connectivity index (χ1) is 12.8. The van der Waals surface area contributed by atoms with E-state index < -0.39 is 17.9 Å². The third-order valence-electron chi connectivity index (χ3n) is 5.01. The van der Waals surface area contributed by atoms with Crippen molar-refractivity contribution in [2.45, 2.75) is 45.8 Å². The number of aryl methyl sites for hydroxylation is 2. The Hall–Kier alpha value is -2.89. The van der Waals surface area contributed by atoms with Gasteiger partial charge in [-0.25, -0.2) is 9.18 Å². The summed E-state index contributed by atoms with van der Waals surface area (Å²) in [6.45, 7) is 5.13. The lowest BCUT2D eigenvalue weighted by atomic mass is 9.96. The fourth-order valence-corrected chi connectivity index (χ4v) is 3.39. The van der Waals surface area contributed by atoms with Crippen LogP contribution < -0.4 is 10.6 Å². The molecule has 2 aromatic rings. The molecule has 0 saturated heterocycles. The molecule has 1 heterocycles. The van der Waals surface area contributed by atoms with Gasteiger partial charge in [0.05, 0.1) is 5.69 Å². The molecule has 3 rings (SSSR count). The number of ether oxygens (including phenoxy) is 1. The van der Waals surface area contributed by atoms with Crippen LogP contribution in [0.2, 0.25) is 0 Å². The predicted octanol–water partition coefficient (Wildman–Crippen LogP) is 3.63. The van der Waals surface area contributed by atoms with E-state index in [2.05, 4.69) is 0 Å². The number of halogens is 1. The average Bonchev–Trinajstić information content (AvgIpc) is 2.64. The van der Waals surface area contributed by atoms with Crippen LogP contribution in [0.15, 0.2) is 36.4 Å². The third-order valence-corrected chi connectivity index (χ3v) is 5.01. The maximum Gasteiger partial charge on any atom is 0.344 e. The molecule has 2 N–H and O–H groups in total. The number of benzene rings is 2. The molecule has 0 radical (unpaired) electrons. The van der Waals surface area contributed by atoms with Crippen molar-refractivity contribution in [1.29, 1.82) is 0 Å². The van der Waals surface area contributed by atoms with Gasteiger partial charge in [-0.2, -0.15) is 0 Å². The largest absolute Gasteiger partial charge is 0.449 e. The van der Waals surface area contributed by atoms with E-state index in [4.69, 9.17) is 10.5 Å². The summed E-state index contributed by atoms with van der Waals surface area (Å²) < 4.78 is 19.4. The maximum atomic E-state index is 14.1. The number of esters is 1. The number of rotatable bonds is 3. The summed E-state index contributed by atoms with van der Waals surface area (Å²) in [6, 6.07) is 10.3. The Balaban J connectivity index is 1.83. The Kier molecular flexibility index (Phi) is 5.17. The maximum absolute atomic E-state index is 14.1. The van der Waals surface area contributed by atoms with Crippen molar-refractivity contribution in [3.63, 3.8) is 0 Å².